The second kappa shape index (κ2) is 6.40. The minimum Gasteiger partial charge on any atom is -0.322 e. The molecule has 0 fully saturated rings. The van der Waals surface area contributed by atoms with Gasteiger partial charge in [-0.25, -0.2) is 4.52 Å². The Labute approximate surface area is 149 Å². The second-order valence-corrected chi connectivity index (χ2v) is 5.87. The van der Waals surface area contributed by atoms with Gasteiger partial charge in [0, 0.05) is 17.4 Å². The van der Waals surface area contributed by atoms with Crippen LogP contribution < -0.4 is 5.32 Å². The van der Waals surface area contributed by atoms with E-state index in [0.29, 0.717) is 23.6 Å². The first-order valence-corrected chi connectivity index (χ1v) is 8.28. The molecular formula is C18H17N7O. The number of hydrogen-bond donors (Lipinski definition) is 1. The molecule has 0 spiro atoms. The minimum absolute atomic E-state index is 0.211. The summed E-state index contributed by atoms with van der Waals surface area (Å²) in [5.41, 5.74) is 3.72. The number of rotatable bonds is 4. The van der Waals surface area contributed by atoms with E-state index in [4.69, 9.17) is 0 Å². The van der Waals surface area contributed by atoms with Crippen LogP contribution in [0, 0.1) is 6.92 Å². The van der Waals surface area contributed by atoms with Crippen LogP contribution in [-0.2, 0) is 6.54 Å². The lowest BCUT2D eigenvalue weighted by Gasteiger charge is -2.09. The number of aromatic nitrogens is 6. The Balaban J connectivity index is 1.65. The van der Waals surface area contributed by atoms with E-state index in [1.807, 2.05) is 50.2 Å². The van der Waals surface area contributed by atoms with Gasteiger partial charge in [-0.15, -0.1) is 10.2 Å². The zero-order valence-electron chi connectivity index (χ0n) is 14.4. The van der Waals surface area contributed by atoms with Gasteiger partial charge in [0.25, 0.3) is 5.91 Å². The second-order valence-electron chi connectivity index (χ2n) is 5.87. The van der Waals surface area contributed by atoms with Crippen LogP contribution in [0.2, 0.25) is 0 Å². The van der Waals surface area contributed by atoms with E-state index in [1.54, 1.807) is 16.9 Å². The van der Waals surface area contributed by atoms with Crippen LogP contribution in [0.3, 0.4) is 0 Å². The number of tetrazole rings is 1. The zero-order chi connectivity index (χ0) is 18.1. The lowest BCUT2D eigenvalue weighted by atomic mass is 10.1. The largest absolute Gasteiger partial charge is 0.322 e. The molecule has 0 saturated heterocycles. The molecule has 0 aliphatic heterocycles. The van der Waals surface area contributed by atoms with Crippen molar-refractivity contribution < 1.29 is 4.79 Å². The number of fused-ring (bicyclic) bond motifs is 1. The highest BCUT2D eigenvalue weighted by Crippen LogP contribution is 2.23. The third-order valence-electron chi connectivity index (χ3n) is 4.15. The molecule has 0 unspecified atom stereocenters. The molecule has 0 radical (unpaired) electrons. The fourth-order valence-corrected chi connectivity index (χ4v) is 2.69. The monoisotopic (exact) mass is 347 g/mol. The molecule has 1 aromatic carbocycles. The molecule has 8 nitrogen and oxygen atoms in total. The zero-order valence-corrected chi connectivity index (χ0v) is 14.4. The maximum absolute atomic E-state index is 12.7. The predicted molar refractivity (Wildman–Crippen MR) is 96.8 cm³/mol. The van der Waals surface area contributed by atoms with Crippen LogP contribution in [0.5, 0.6) is 0 Å². The fourth-order valence-electron chi connectivity index (χ4n) is 2.69. The number of amides is 1. The van der Waals surface area contributed by atoms with Crippen LogP contribution >= 0.6 is 0 Å². The first-order chi connectivity index (χ1) is 12.7. The molecular weight excluding hydrogens is 330 g/mol. The molecule has 0 atom stereocenters. The summed E-state index contributed by atoms with van der Waals surface area (Å²) in [6.45, 7) is 4.53. The summed E-state index contributed by atoms with van der Waals surface area (Å²) >= 11 is 0. The molecule has 1 N–H and O–H groups in total. The van der Waals surface area contributed by atoms with Gasteiger partial charge in [0.15, 0.2) is 0 Å². The van der Waals surface area contributed by atoms with Crippen LogP contribution in [0.15, 0.2) is 48.8 Å². The fraction of sp³-hybridized carbons (Fsp3) is 0.167. The molecule has 4 aromatic rings. The van der Waals surface area contributed by atoms with Gasteiger partial charge in [-0.2, -0.15) is 9.90 Å². The van der Waals surface area contributed by atoms with Crippen molar-refractivity contribution in [3.63, 3.8) is 0 Å². The van der Waals surface area contributed by atoms with Crippen LogP contribution in [0.1, 0.15) is 22.8 Å². The molecule has 1 amide bonds. The van der Waals surface area contributed by atoms with Crippen molar-refractivity contribution in [2.24, 2.45) is 0 Å². The van der Waals surface area contributed by atoms with E-state index in [0.717, 1.165) is 16.6 Å². The van der Waals surface area contributed by atoms with Crippen LogP contribution in [0.4, 0.5) is 5.69 Å². The Morgan fingerprint density at radius 2 is 2.12 bits per heavy atom. The molecule has 3 heterocycles. The average Bonchev–Trinajstić information content (AvgIpc) is 3.30. The van der Waals surface area contributed by atoms with Gasteiger partial charge >= 0.3 is 0 Å². The number of aryl methyl sites for hydroxylation is 2. The standard InChI is InChI=1S/C18H17N7O/c1-3-25-22-17(21-23-25)13-8-7-12(2)15(10-13)20-18(26)14-11-19-24-9-5-4-6-16(14)24/h4-11H,3H2,1-2H3,(H,20,26). The maximum atomic E-state index is 12.7. The molecule has 0 aliphatic rings. The number of nitrogens with one attached hydrogen (secondary N) is 1. The Morgan fingerprint density at radius 1 is 1.23 bits per heavy atom. The number of hydrogen-bond acceptors (Lipinski definition) is 5. The van der Waals surface area contributed by atoms with E-state index in [-0.39, 0.29) is 5.91 Å². The molecule has 3 aromatic heterocycles. The van der Waals surface area contributed by atoms with Crippen molar-refractivity contribution in [2.45, 2.75) is 20.4 Å². The summed E-state index contributed by atoms with van der Waals surface area (Å²) in [6, 6.07) is 11.3. The highest BCUT2D eigenvalue weighted by molar-refractivity contribution is 6.09. The highest BCUT2D eigenvalue weighted by Gasteiger charge is 2.15. The van der Waals surface area contributed by atoms with E-state index >= 15 is 0 Å². The van der Waals surface area contributed by atoms with E-state index < -0.39 is 0 Å². The number of nitrogens with zero attached hydrogens (tertiary/aromatic N) is 6. The quantitative estimate of drug-likeness (QED) is 0.613. The highest BCUT2D eigenvalue weighted by atomic mass is 16.1. The molecule has 0 bridgehead atoms. The third kappa shape index (κ3) is 2.81. The number of anilines is 1. The number of benzene rings is 1. The van der Waals surface area contributed by atoms with E-state index in [1.165, 1.54) is 4.80 Å². The van der Waals surface area contributed by atoms with Crippen molar-refractivity contribution in [1.82, 2.24) is 29.8 Å². The molecule has 4 rings (SSSR count). The summed E-state index contributed by atoms with van der Waals surface area (Å²) < 4.78 is 1.67. The normalized spacial score (nSPS) is 11.0. The van der Waals surface area contributed by atoms with Crippen LogP contribution in [0.25, 0.3) is 16.9 Å². The summed E-state index contributed by atoms with van der Waals surface area (Å²) in [6.07, 6.45) is 3.37. The van der Waals surface area contributed by atoms with E-state index in [2.05, 4.69) is 25.8 Å². The van der Waals surface area contributed by atoms with Gasteiger partial charge in [0.2, 0.25) is 5.82 Å². The smallest absolute Gasteiger partial charge is 0.259 e. The molecule has 8 heteroatoms. The van der Waals surface area contributed by atoms with Crippen molar-refractivity contribution in [3.05, 3.63) is 59.9 Å². The van der Waals surface area contributed by atoms with Gasteiger partial charge < -0.3 is 5.32 Å². The number of pyridine rings is 1. The summed E-state index contributed by atoms with van der Waals surface area (Å²) in [5, 5.41) is 19.5. The molecule has 130 valence electrons. The van der Waals surface area contributed by atoms with E-state index in [9.17, 15) is 4.79 Å². The topological polar surface area (TPSA) is 90.0 Å². The lowest BCUT2D eigenvalue weighted by Crippen LogP contribution is -2.12. The van der Waals surface area contributed by atoms with Crippen molar-refractivity contribution in [2.75, 3.05) is 5.32 Å². The molecule has 0 saturated carbocycles. The predicted octanol–water partition coefficient (Wildman–Crippen LogP) is 2.57. The Bertz CT molecular complexity index is 1100. The van der Waals surface area contributed by atoms with Gasteiger partial charge in [-0.05, 0) is 42.8 Å². The van der Waals surface area contributed by atoms with Gasteiger partial charge in [-0.1, -0.05) is 18.2 Å². The van der Waals surface area contributed by atoms with Crippen molar-refractivity contribution in [1.29, 1.82) is 0 Å². The number of carbonyl (C=O) groups is 1. The van der Waals surface area contributed by atoms with Gasteiger partial charge in [0.05, 0.1) is 23.8 Å². The summed E-state index contributed by atoms with van der Waals surface area (Å²) in [5.74, 6) is 0.315. The van der Waals surface area contributed by atoms with Crippen molar-refractivity contribution in [3.8, 4) is 11.4 Å². The Kier molecular flexibility index (Phi) is 3.92. The van der Waals surface area contributed by atoms with Crippen LogP contribution in [-0.4, -0.2) is 35.7 Å². The summed E-state index contributed by atoms with van der Waals surface area (Å²) in [4.78, 5) is 14.2. The van der Waals surface area contributed by atoms with Gasteiger partial charge in [-0.3, -0.25) is 4.79 Å². The van der Waals surface area contributed by atoms with Crippen molar-refractivity contribution >= 4 is 17.1 Å². The SMILES string of the molecule is CCn1nnc(-c2ccc(C)c(NC(=O)c3cnn4ccccc34)c2)n1. The minimum atomic E-state index is -0.211. The first-order valence-electron chi connectivity index (χ1n) is 8.28. The maximum Gasteiger partial charge on any atom is 0.259 e. The average molecular weight is 347 g/mol. The lowest BCUT2D eigenvalue weighted by molar-refractivity contribution is 0.102. The molecule has 0 aliphatic carbocycles. The Hall–Kier alpha value is -3.55. The first kappa shape index (κ1) is 15.9. The Morgan fingerprint density at radius 3 is 2.92 bits per heavy atom. The summed E-state index contributed by atoms with van der Waals surface area (Å²) in [7, 11) is 0. The van der Waals surface area contributed by atoms with Gasteiger partial charge in [0.1, 0.15) is 0 Å². The third-order valence-corrected chi connectivity index (χ3v) is 4.15. The number of carbonyl (C=O) groups excluding carboxylic acids is 1. The molecule has 26 heavy (non-hydrogen) atoms.